The van der Waals surface area contributed by atoms with Crippen LogP contribution in [0.2, 0.25) is 0 Å². The second-order valence-electron chi connectivity index (χ2n) is 5.11. The van der Waals surface area contributed by atoms with Gasteiger partial charge in [0, 0.05) is 6.04 Å². The minimum absolute atomic E-state index is 0.327. The summed E-state index contributed by atoms with van der Waals surface area (Å²) in [7, 11) is 0. The molecular formula is C15H23NO. The van der Waals surface area contributed by atoms with Crippen molar-refractivity contribution < 1.29 is 5.11 Å². The lowest BCUT2D eigenvalue weighted by molar-refractivity contribution is 0.149. The molecule has 0 radical (unpaired) electrons. The fourth-order valence-corrected chi connectivity index (χ4v) is 2.66. The molecule has 17 heavy (non-hydrogen) atoms. The van der Waals surface area contributed by atoms with Gasteiger partial charge in [-0.15, -0.1) is 0 Å². The zero-order valence-electron chi connectivity index (χ0n) is 10.7. The lowest BCUT2D eigenvalue weighted by atomic mass is 9.96. The zero-order valence-corrected chi connectivity index (χ0v) is 10.7. The van der Waals surface area contributed by atoms with Crippen LogP contribution in [-0.2, 0) is 0 Å². The summed E-state index contributed by atoms with van der Waals surface area (Å²) in [5.74, 6) is 0. The van der Waals surface area contributed by atoms with E-state index in [0.717, 1.165) is 18.5 Å². The molecule has 1 aromatic rings. The Morgan fingerprint density at radius 3 is 2.94 bits per heavy atom. The van der Waals surface area contributed by atoms with Crippen molar-refractivity contribution in [3.63, 3.8) is 0 Å². The predicted molar refractivity (Wildman–Crippen MR) is 71.0 cm³/mol. The first-order valence-corrected chi connectivity index (χ1v) is 6.74. The maximum absolute atomic E-state index is 10.3. The van der Waals surface area contributed by atoms with Crippen molar-refractivity contribution in [3.8, 4) is 0 Å². The number of hydrogen-bond donors (Lipinski definition) is 2. The van der Waals surface area contributed by atoms with Crippen LogP contribution in [0.3, 0.4) is 0 Å². The van der Waals surface area contributed by atoms with Gasteiger partial charge in [0.05, 0.1) is 6.10 Å². The summed E-state index contributed by atoms with van der Waals surface area (Å²) >= 11 is 0. The monoisotopic (exact) mass is 233 g/mol. The highest BCUT2D eigenvalue weighted by molar-refractivity contribution is 5.27. The van der Waals surface area contributed by atoms with Gasteiger partial charge in [0.15, 0.2) is 0 Å². The van der Waals surface area contributed by atoms with Gasteiger partial charge in [-0.25, -0.2) is 0 Å². The molecule has 1 aliphatic rings. The van der Waals surface area contributed by atoms with E-state index in [-0.39, 0.29) is 6.10 Å². The summed E-state index contributed by atoms with van der Waals surface area (Å²) in [6.45, 7) is 3.17. The first-order valence-electron chi connectivity index (χ1n) is 6.74. The minimum Gasteiger partial charge on any atom is -0.388 e. The van der Waals surface area contributed by atoms with E-state index >= 15 is 0 Å². The molecule has 0 bridgehead atoms. The van der Waals surface area contributed by atoms with Crippen molar-refractivity contribution in [1.82, 2.24) is 5.32 Å². The van der Waals surface area contributed by atoms with Gasteiger partial charge < -0.3 is 10.4 Å². The van der Waals surface area contributed by atoms with E-state index in [0.29, 0.717) is 6.04 Å². The van der Waals surface area contributed by atoms with Crippen LogP contribution in [0.15, 0.2) is 24.3 Å². The Bertz CT molecular complexity index is 343. The smallest absolute Gasteiger partial charge is 0.0807 e. The van der Waals surface area contributed by atoms with Crippen molar-refractivity contribution in [3.05, 3.63) is 35.4 Å². The summed E-state index contributed by atoms with van der Waals surface area (Å²) in [5.41, 5.74) is 2.27. The summed E-state index contributed by atoms with van der Waals surface area (Å²) in [6, 6.07) is 8.62. The number of rotatable bonds is 3. The third-order valence-electron chi connectivity index (χ3n) is 3.72. The molecule has 2 unspecified atom stereocenters. The van der Waals surface area contributed by atoms with Crippen LogP contribution in [0.5, 0.6) is 0 Å². The summed E-state index contributed by atoms with van der Waals surface area (Å²) < 4.78 is 0. The van der Waals surface area contributed by atoms with Crippen molar-refractivity contribution in [2.24, 2.45) is 0 Å². The molecule has 1 aliphatic heterocycles. The van der Waals surface area contributed by atoms with E-state index < -0.39 is 0 Å². The predicted octanol–water partition coefficient (Wildman–Crippen LogP) is 2.95. The first-order chi connectivity index (χ1) is 8.27. The topological polar surface area (TPSA) is 32.3 Å². The standard InChI is InChI=1S/C15H23NO/c1-12-7-4-5-9-14(12)15(17)11-13-8-3-2-6-10-16-13/h4-5,7,9,13,15-17H,2-3,6,8,10-11H2,1H3. The van der Waals surface area contributed by atoms with Gasteiger partial charge in [0.25, 0.3) is 0 Å². The van der Waals surface area contributed by atoms with Crippen LogP contribution in [-0.4, -0.2) is 17.7 Å². The first kappa shape index (κ1) is 12.6. The van der Waals surface area contributed by atoms with Gasteiger partial charge in [-0.05, 0) is 43.9 Å². The van der Waals surface area contributed by atoms with Crippen molar-refractivity contribution in [2.45, 2.75) is 51.2 Å². The second-order valence-corrected chi connectivity index (χ2v) is 5.11. The van der Waals surface area contributed by atoms with Crippen LogP contribution in [0.25, 0.3) is 0 Å². The molecule has 0 aromatic heterocycles. The Hall–Kier alpha value is -0.860. The number of aryl methyl sites for hydroxylation is 1. The molecule has 1 aromatic carbocycles. The Morgan fingerprint density at radius 2 is 2.12 bits per heavy atom. The van der Waals surface area contributed by atoms with E-state index in [4.69, 9.17) is 0 Å². The van der Waals surface area contributed by atoms with Gasteiger partial charge in [-0.1, -0.05) is 37.1 Å². The molecule has 0 saturated carbocycles. The highest BCUT2D eigenvalue weighted by Gasteiger charge is 2.18. The van der Waals surface area contributed by atoms with Gasteiger partial charge >= 0.3 is 0 Å². The van der Waals surface area contributed by atoms with E-state index in [2.05, 4.69) is 18.3 Å². The van der Waals surface area contributed by atoms with Crippen LogP contribution >= 0.6 is 0 Å². The molecule has 1 saturated heterocycles. The Kier molecular flexibility index (Phi) is 4.57. The van der Waals surface area contributed by atoms with Crippen LogP contribution in [0, 0.1) is 6.92 Å². The van der Waals surface area contributed by atoms with Crippen molar-refractivity contribution in [1.29, 1.82) is 0 Å². The third-order valence-corrected chi connectivity index (χ3v) is 3.72. The molecule has 1 heterocycles. The molecule has 0 spiro atoms. The molecule has 2 N–H and O–H groups in total. The number of aliphatic hydroxyl groups is 1. The highest BCUT2D eigenvalue weighted by Crippen LogP contribution is 2.24. The number of hydrogen-bond acceptors (Lipinski definition) is 2. The summed E-state index contributed by atoms with van der Waals surface area (Å²) in [5, 5.41) is 13.8. The van der Waals surface area contributed by atoms with Crippen molar-refractivity contribution in [2.75, 3.05) is 6.54 Å². The normalized spacial score (nSPS) is 23.1. The van der Waals surface area contributed by atoms with Gasteiger partial charge in [0.2, 0.25) is 0 Å². The molecule has 0 aliphatic carbocycles. The van der Waals surface area contributed by atoms with Crippen molar-refractivity contribution >= 4 is 0 Å². The number of aliphatic hydroxyl groups excluding tert-OH is 1. The lowest BCUT2D eigenvalue weighted by Gasteiger charge is -2.21. The molecule has 2 rings (SSSR count). The van der Waals surface area contributed by atoms with Gasteiger partial charge in [-0.3, -0.25) is 0 Å². The maximum Gasteiger partial charge on any atom is 0.0807 e. The maximum atomic E-state index is 10.3. The Labute approximate surface area is 104 Å². The fraction of sp³-hybridized carbons (Fsp3) is 0.600. The van der Waals surface area contributed by atoms with Crippen LogP contribution < -0.4 is 5.32 Å². The second kappa shape index (κ2) is 6.18. The summed E-state index contributed by atoms with van der Waals surface area (Å²) in [4.78, 5) is 0. The van der Waals surface area contributed by atoms with E-state index in [1.807, 2.05) is 18.2 Å². The molecule has 1 fully saturated rings. The van der Waals surface area contributed by atoms with Gasteiger partial charge in [-0.2, -0.15) is 0 Å². The quantitative estimate of drug-likeness (QED) is 0.841. The Morgan fingerprint density at radius 1 is 1.29 bits per heavy atom. The SMILES string of the molecule is Cc1ccccc1C(O)CC1CCCCCN1. The van der Waals surface area contributed by atoms with Crippen LogP contribution in [0.4, 0.5) is 0 Å². The van der Waals surface area contributed by atoms with Crippen LogP contribution in [0.1, 0.15) is 49.3 Å². The molecule has 94 valence electrons. The lowest BCUT2D eigenvalue weighted by Crippen LogP contribution is -2.30. The minimum atomic E-state index is -0.327. The third kappa shape index (κ3) is 3.55. The van der Waals surface area contributed by atoms with E-state index in [1.54, 1.807) is 0 Å². The molecular weight excluding hydrogens is 210 g/mol. The van der Waals surface area contributed by atoms with Gasteiger partial charge in [0.1, 0.15) is 0 Å². The molecule has 0 amide bonds. The summed E-state index contributed by atoms with van der Waals surface area (Å²) in [6.07, 6.45) is 5.60. The molecule has 2 nitrogen and oxygen atoms in total. The largest absolute Gasteiger partial charge is 0.388 e. The van der Waals surface area contributed by atoms with E-state index in [9.17, 15) is 5.11 Å². The Balaban J connectivity index is 1.96. The number of nitrogens with one attached hydrogen (secondary N) is 1. The average Bonchev–Trinajstić information content (AvgIpc) is 2.58. The fourth-order valence-electron chi connectivity index (χ4n) is 2.66. The molecule has 2 heteroatoms. The zero-order chi connectivity index (χ0) is 12.1. The number of benzene rings is 1. The highest BCUT2D eigenvalue weighted by atomic mass is 16.3. The van der Waals surface area contributed by atoms with E-state index in [1.165, 1.54) is 31.2 Å². The molecule has 2 atom stereocenters. The average molecular weight is 233 g/mol.